The van der Waals surface area contributed by atoms with Gasteiger partial charge in [0.1, 0.15) is 17.6 Å². The lowest BCUT2D eigenvalue weighted by Gasteiger charge is -2.10. The monoisotopic (exact) mass is 306 g/mol. The minimum Gasteiger partial charge on any atom is -0.480 e. The Morgan fingerprint density at radius 3 is 2.45 bits per heavy atom. The van der Waals surface area contributed by atoms with Crippen molar-refractivity contribution in [2.24, 2.45) is 5.73 Å². The third-order valence-corrected chi connectivity index (χ3v) is 2.85. The Balaban J connectivity index is 2.37. The van der Waals surface area contributed by atoms with Crippen LogP contribution in [0.2, 0.25) is 0 Å². The molecule has 0 aliphatic carbocycles. The molecule has 3 N–H and O–H groups in total. The summed E-state index contributed by atoms with van der Waals surface area (Å²) in [6, 6.07) is 7.16. The molecule has 0 spiro atoms. The molecule has 2 aromatic rings. The van der Waals surface area contributed by atoms with E-state index in [1.54, 1.807) is 0 Å². The van der Waals surface area contributed by atoms with Crippen LogP contribution in [0.25, 0.3) is 0 Å². The largest absolute Gasteiger partial charge is 0.480 e. The number of rotatable bonds is 5. The second kappa shape index (κ2) is 6.19. The molecule has 0 aliphatic rings. The van der Waals surface area contributed by atoms with Gasteiger partial charge in [0.15, 0.2) is 0 Å². The number of nitrogens with zero attached hydrogens (tertiary/aromatic N) is 1. The number of carbonyl (C=O) groups is 1. The van der Waals surface area contributed by atoms with Gasteiger partial charge >= 0.3 is 11.7 Å². The van der Waals surface area contributed by atoms with Crippen molar-refractivity contribution in [3.63, 3.8) is 0 Å². The maximum Gasteiger partial charge on any atom is 0.325 e. The van der Waals surface area contributed by atoms with E-state index in [-0.39, 0.29) is 17.1 Å². The van der Waals surface area contributed by atoms with Gasteiger partial charge in [0.25, 0.3) is 0 Å². The van der Waals surface area contributed by atoms with E-state index in [0.29, 0.717) is 0 Å². The van der Waals surface area contributed by atoms with Crippen molar-refractivity contribution in [1.82, 2.24) is 0 Å². The highest BCUT2D eigenvalue weighted by Gasteiger charge is 2.22. The van der Waals surface area contributed by atoms with Gasteiger partial charge in [0.2, 0.25) is 5.75 Å². The predicted molar refractivity (Wildman–Crippen MR) is 74.1 cm³/mol. The zero-order valence-corrected chi connectivity index (χ0v) is 11.1. The number of carboxylic acids is 1. The van der Waals surface area contributed by atoms with Gasteiger partial charge < -0.3 is 15.6 Å². The van der Waals surface area contributed by atoms with E-state index < -0.39 is 28.4 Å². The quantitative estimate of drug-likeness (QED) is 0.648. The Bertz CT molecular complexity index is 718. The van der Waals surface area contributed by atoms with E-state index in [4.69, 9.17) is 15.6 Å². The average molecular weight is 306 g/mol. The van der Waals surface area contributed by atoms with Gasteiger partial charge in [0.05, 0.1) is 4.92 Å². The van der Waals surface area contributed by atoms with Gasteiger partial charge in [-0.05, 0) is 35.9 Å². The molecule has 0 aromatic heterocycles. The molecular weight excluding hydrogens is 295 g/mol. The molecule has 0 saturated carbocycles. The molecular formula is C14H11FN2O5. The number of nitro benzene ring substituents is 1. The number of nitrogens with two attached hydrogens (primary N) is 1. The van der Waals surface area contributed by atoms with Crippen LogP contribution in [0.15, 0.2) is 42.5 Å². The van der Waals surface area contributed by atoms with Crippen LogP contribution in [0, 0.1) is 15.9 Å². The molecule has 22 heavy (non-hydrogen) atoms. The van der Waals surface area contributed by atoms with Crippen LogP contribution in [0.1, 0.15) is 11.6 Å². The Labute approximate surface area is 123 Å². The summed E-state index contributed by atoms with van der Waals surface area (Å²) in [6.45, 7) is 0. The summed E-state index contributed by atoms with van der Waals surface area (Å²) in [6.07, 6.45) is 0. The maximum absolute atomic E-state index is 12.8. The maximum atomic E-state index is 12.8. The van der Waals surface area contributed by atoms with E-state index in [1.165, 1.54) is 24.3 Å². The molecule has 7 nitrogen and oxygen atoms in total. The van der Waals surface area contributed by atoms with E-state index in [0.717, 1.165) is 18.2 Å². The first-order chi connectivity index (χ1) is 10.4. The first kappa shape index (κ1) is 15.4. The van der Waals surface area contributed by atoms with Crippen LogP contribution < -0.4 is 10.5 Å². The predicted octanol–water partition coefficient (Wildman–Crippen LogP) is 2.61. The Morgan fingerprint density at radius 1 is 1.27 bits per heavy atom. The van der Waals surface area contributed by atoms with Crippen LogP contribution in [0.3, 0.4) is 0 Å². The van der Waals surface area contributed by atoms with Gasteiger partial charge in [-0.25, -0.2) is 4.39 Å². The lowest BCUT2D eigenvalue weighted by atomic mass is 10.1. The van der Waals surface area contributed by atoms with Gasteiger partial charge in [-0.3, -0.25) is 14.9 Å². The van der Waals surface area contributed by atoms with Crippen molar-refractivity contribution in [3.8, 4) is 11.5 Å². The van der Waals surface area contributed by atoms with Crippen LogP contribution >= 0.6 is 0 Å². The molecule has 8 heteroatoms. The third-order valence-electron chi connectivity index (χ3n) is 2.85. The number of nitro groups is 1. The highest BCUT2D eigenvalue weighted by molar-refractivity contribution is 5.75. The minimum atomic E-state index is -1.38. The highest BCUT2D eigenvalue weighted by atomic mass is 19.1. The van der Waals surface area contributed by atoms with Gasteiger partial charge in [-0.1, -0.05) is 6.07 Å². The second-order valence-electron chi connectivity index (χ2n) is 4.36. The number of ether oxygens (including phenoxy) is 1. The molecule has 0 bridgehead atoms. The third kappa shape index (κ3) is 3.36. The molecule has 1 atom stereocenters. The molecule has 114 valence electrons. The number of hydrogen-bond donors (Lipinski definition) is 2. The molecule has 0 amide bonds. The topological polar surface area (TPSA) is 116 Å². The van der Waals surface area contributed by atoms with E-state index >= 15 is 0 Å². The van der Waals surface area contributed by atoms with Crippen LogP contribution in [-0.4, -0.2) is 16.0 Å². The first-order valence-corrected chi connectivity index (χ1v) is 6.08. The molecule has 0 unspecified atom stereocenters. The summed E-state index contributed by atoms with van der Waals surface area (Å²) < 4.78 is 18.1. The van der Waals surface area contributed by atoms with Crippen LogP contribution in [0.5, 0.6) is 11.5 Å². The lowest BCUT2D eigenvalue weighted by Crippen LogP contribution is -2.20. The van der Waals surface area contributed by atoms with Crippen molar-refractivity contribution in [2.75, 3.05) is 0 Å². The van der Waals surface area contributed by atoms with E-state index in [9.17, 15) is 19.3 Å². The summed E-state index contributed by atoms with van der Waals surface area (Å²) in [5.74, 6) is -1.66. The minimum absolute atomic E-state index is 0.0747. The standard InChI is InChI=1S/C14H11FN2O5/c15-9-2-4-10(5-3-9)22-12-6-1-8(13(16)14(18)19)7-11(12)17(20)21/h1-7,13H,16H2,(H,18,19)/t13-/m0/s1. The van der Waals surface area contributed by atoms with Crippen molar-refractivity contribution in [1.29, 1.82) is 0 Å². The fraction of sp³-hybridized carbons (Fsp3) is 0.0714. The second-order valence-corrected chi connectivity index (χ2v) is 4.36. The number of benzene rings is 2. The van der Waals surface area contributed by atoms with Gasteiger partial charge in [0, 0.05) is 6.07 Å². The molecule has 2 aromatic carbocycles. The van der Waals surface area contributed by atoms with Crippen LogP contribution in [-0.2, 0) is 4.79 Å². The number of aliphatic carboxylic acids is 1. The average Bonchev–Trinajstić information content (AvgIpc) is 2.49. The molecule has 2 rings (SSSR count). The lowest BCUT2D eigenvalue weighted by molar-refractivity contribution is -0.385. The Hall–Kier alpha value is -3.00. The SMILES string of the molecule is N[C@H](C(=O)O)c1ccc(Oc2ccc(F)cc2)c([N+](=O)[O-])c1. The first-order valence-electron chi connectivity index (χ1n) is 6.08. The number of halogens is 1. The smallest absolute Gasteiger partial charge is 0.325 e. The molecule has 0 heterocycles. The molecule has 0 fully saturated rings. The van der Waals surface area contributed by atoms with E-state index in [1.807, 2.05) is 0 Å². The Kier molecular flexibility index (Phi) is 4.33. The van der Waals surface area contributed by atoms with E-state index in [2.05, 4.69) is 0 Å². The summed E-state index contributed by atoms with van der Waals surface area (Å²) in [5, 5.41) is 19.9. The summed E-state index contributed by atoms with van der Waals surface area (Å²) in [5.41, 5.74) is 5.06. The van der Waals surface area contributed by atoms with Gasteiger partial charge in [-0.15, -0.1) is 0 Å². The summed E-state index contributed by atoms with van der Waals surface area (Å²) in [4.78, 5) is 21.2. The van der Waals surface area contributed by atoms with Crippen molar-refractivity contribution in [2.45, 2.75) is 6.04 Å². The van der Waals surface area contributed by atoms with Gasteiger partial charge in [-0.2, -0.15) is 0 Å². The number of carboxylic acid groups (broad SMARTS) is 1. The molecule has 0 saturated heterocycles. The van der Waals surface area contributed by atoms with Crippen molar-refractivity contribution in [3.05, 3.63) is 64.0 Å². The Morgan fingerprint density at radius 2 is 1.91 bits per heavy atom. The fourth-order valence-electron chi connectivity index (χ4n) is 1.73. The number of hydrogen-bond acceptors (Lipinski definition) is 5. The fourth-order valence-corrected chi connectivity index (χ4v) is 1.73. The summed E-state index contributed by atoms with van der Waals surface area (Å²) in [7, 11) is 0. The zero-order chi connectivity index (χ0) is 16.3. The summed E-state index contributed by atoms with van der Waals surface area (Å²) >= 11 is 0. The van der Waals surface area contributed by atoms with Crippen molar-refractivity contribution >= 4 is 11.7 Å². The molecule has 0 radical (unpaired) electrons. The van der Waals surface area contributed by atoms with Crippen LogP contribution in [0.4, 0.5) is 10.1 Å². The zero-order valence-electron chi connectivity index (χ0n) is 11.1. The highest BCUT2D eigenvalue weighted by Crippen LogP contribution is 2.33. The van der Waals surface area contributed by atoms with Crippen molar-refractivity contribution < 1.29 is 24.0 Å². The molecule has 0 aliphatic heterocycles. The normalized spacial score (nSPS) is 11.7.